The zero-order chi connectivity index (χ0) is 28.2. The van der Waals surface area contributed by atoms with Crippen molar-refractivity contribution in [2.24, 2.45) is 0 Å². The molecular formula is C26H28N2O10. The van der Waals surface area contributed by atoms with Crippen LogP contribution >= 0.6 is 0 Å². The molecule has 2 aromatic carbocycles. The summed E-state index contributed by atoms with van der Waals surface area (Å²) in [6.45, 7) is 2.56. The Morgan fingerprint density at radius 2 is 0.921 bits per heavy atom. The van der Waals surface area contributed by atoms with Crippen molar-refractivity contribution >= 4 is 35.7 Å². The van der Waals surface area contributed by atoms with Crippen molar-refractivity contribution in [2.75, 3.05) is 14.2 Å². The van der Waals surface area contributed by atoms with E-state index in [0.717, 1.165) is 0 Å². The SMILES string of the molecule is COC(=O)C(Cc1ccc(OC(=O)C(=O)Oc2ccc(CC(NC(C)=O)C(=O)OC)cc2)cc1)NC(C)=O. The highest BCUT2D eigenvalue weighted by Gasteiger charge is 2.23. The van der Waals surface area contributed by atoms with Gasteiger partial charge in [-0.3, -0.25) is 9.59 Å². The molecule has 0 spiro atoms. The largest absolute Gasteiger partial charge is 0.467 e. The van der Waals surface area contributed by atoms with Crippen LogP contribution in [0.1, 0.15) is 25.0 Å². The van der Waals surface area contributed by atoms with Gasteiger partial charge in [-0.25, -0.2) is 19.2 Å². The van der Waals surface area contributed by atoms with E-state index in [4.69, 9.17) is 9.47 Å². The van der Waals surface area contributed by atoms with Crippen LogP contribution in [-0.4, -0.2) is 62.0 Å². The second kappa shape index (κ2) is 14.1. The molecule has 0 fully saturated rings. The number of esters is 4. The number of carbonyl (C=O) groups excluding carboxylic acids is 6. The van der Waals surface area contributed by atoms with Gasteiger partial charge in [0.2, 0.25) is 11.8 Å². The predicted molar refractivity (Wildman–Crippen MR) is 131 cm³/mol. The average molecular weight is 529 g/mol. The molecule has 12 heteroatoms. The minimum absolute atomic E-state index is 0.0621. The Labute approximate surface area is 218 Å². The van der Waals surface area contributed by atoms with Crippen LogP contribution in [0.25, 0.3) is 0 Å². The lowest BCUT2D eigenvalue weighted by Gasteiger charge is -2.15. The molecular weight excluding hydrogens is 500 g/mol. The third kappa shape index (κ3) is 9.37. The van der Waals surface area contributed by atoms with Gasteiger partial charge in [-0.1, -0.05) is 24.3 Å². The first-order chi connectivity index (χ1) is 18.0. The first-order valence-corrected chi connectivity index (χ1v) is 11.3. The number of carbonyl (C=O) groups is 6. The van der Waals surface area contributed by atoms with Crippen LogP contribution in [0.15, 0.2) is 48.5 Å². The van der Waals surface area contributed by atoms with Gasteiger partial charge in [0.1, 0.15) is 23.6 Å². The third-order valence-corrected chi connectivity index (χ3v) is 5.04. The molecule has 0 saturated heterocycles. The van der Waals surface area contributed by atoms with Gasteiger partial charge in [-0.15, -0.1) is 0 Å². The smallest absolute Gasteiger partial charge is 0.423 e. The fourth-order valence-electron chi connectivity index (χ4n) is 3.32. The molecule has 2 amide bonds. The number of methoxy groups -OCH3 is 2. The molecule has 12 nitrogen and oxygen atoms in total. The molecule has 2 N–H and O–H groups in total. The summed E-state index contributed by atoms with van der Waals surface area (Å²) >= 11 is 0. The van der Waals surface area contributed by atoms with Crippen LogP contribution in [-0.2, 0) is 51.1 Å². The monoisotopic (exact) mass is 528 g/mol. The molecule has 38 heavy (non-hydrogen) atoms. The van der Waals surface area contributed by atoms with Crippen molar-refractivity contribution in [3.63, 3.8) is 0 Å². The van der Waals surface area contributed by atoms with E-state index >= 15 is 0 Å². The van der Waals surface area contributed by atoms with Crippen LogP contribution in [0.2, 0.25) is 0 Å². The van der Waals surface area contributed by atoms with E-state index in [-0.39, 0.29) is 24.3 Å². The Morgan fingerprint density at radius 3 is 1.18 bits per heavy atom. The first kappa shape index (κ1) is 29.5. The summed E-state index contributed by atoms with van der Waals surface area (Å²) in [5, 5.41) is 4.99. The van der Waals surface area contributed by atoms with Gasteiger partial charge < -0.3 is 29.6 Å². The Balaban J connectivity index is 1.94. The minimum Gasteiger partial charge on any atom is -0.467 e. The van der Waals surface area contributed by atoms with Crippen LogP contribution in [0, 0.1) is 0 Å². The van der Waals surface area contributed by atoms with E-state index in [9.17, 15) is 28.8 Å². The predicted octanol–water partition coefficient (Wildman–Crippen LogP) is 0.638. The molecule has 0 bridgehead atoms. The summed E-state index contributed by atoms with van der Waals surface area (Å²) in [7, 11) is 2.42. The lowest BCUT2D eigenvalue weighted by Crippen LogP contribution is -2.41. The van der Waals surface area contributed by atoms with Crippen molar-refractivity contribution in [3.05, 3.63) is 59.7 Å². The van der Waals surface area contributed by atoms with Gasteiger partial charge in [0.05, 0.1) is 14.2 Å². The topological polar surface area (TPSA) is 163 Å². The quantitative estimate of drug-likeness (QED) is 0.254. The molecule has 2 unspecified atom stereocenters. The highest BCUT2D eigenvalue weighted by atomic mass is 16.6. The second-order valence-electron chi connectivity index (χ2n) is 8.03. The number of rotatable bonds is 10. The van der Waals surface area contributed by atoms with Gasteiger partial charge in [0.25, 0.3) is 0 Å². The second-order valence-corrected chi connectivity index (χ2v) is 8.03. The Morgan fingerprint density at radius 1 is 0.605 bits per heavy atom. The van der Waals surface area contributed by atoms with Crippen LogP contribution in [0.4, 0.5) is 0 Å². The summed E-state index contributed by atoms with van der Waals surface area (Å²) in [6, 6.07) is 10.2. The highest BCUT2D eigenvalue weighted by molar-refractivity contribution is 6.31. The lowest BCUT2D eigenvalue weighted by molar-refractivity contribution is -0.156. The van der Waals surface area contributed by atoms with Gasteiger partial charge >= 0.3 is 23.9 Å². The molecule has 0 aromatic heterocycles. The summed E-state index contributed by atoms with van der Waals surface area (Å²) < 4.78 is 19.4. The molecule has 0 radical (unpaired) electrons. The van der Waals surface area contributed by atoms with Crippen molar-refractivity contribution in [1.29, 1.82) is 0 Å². The average Bonchev–Trinajstić information content (AvgIpc) is 2.88. The molecule has 0 heterocycles. The maximum absolute atomic E-state index is 12.2. The molecule has 0 aliphatic carbocycles. The maximum Gasteiger partial charge on any atom is 0.423 e. The summed E-state index contributed by atoms with van der Waals surface area (Å²) in [5.74, 6) is -4.40. The van der Waals surface area contributed by atoms with Crippen molar-refractivity contribution < 1.29 is 47.7 Å². The van der Waals surface area contributed by atoms with Crippen LogP contribution in [0.5, 0.6) is 11.5 Å². The Hall–Kier alpha value is -4.74. The van der Waals surface area contributed by atoms with Crippen LogP contribution in [0.3, 0.4) is 0 Å². The summed E-state index contributed by atoms with van der Waals surface area (Å²) in [4.78, 5) is 70.6. The number of benzene rings is 2. The fourth-order valence-corrected chi connectivity index (χ4v) is 3.32. The summed E-state index contributed by atoms with van der Waals surface area (Å²) in [5.41, 5.74) is 1.29. The number of ether oxygens (including phenoxy) is 4. The van der Waals surface area contributed by atoms with Crippen molar-refractivity contribution in [1.82, 2.24) is 10.6 Å². The Bertz CT molecular complexity index is 1080. The van der Waals surface area contributed by atoms with E-state index in [0.29, 0.717) is 11.1 Å². The third-order valence-electron chi connectivity index (χ3n) is 5.04. The zero-order valence-electron chi connectivity index (χ0n) is 21.3. The van der Waals surface area contributed by atoms with E-state index in [1.54, 1.807) is 24.3 Å². The van der Waals surface area contributed by atoms with Gasteiger partial charge in [0, 0.05) is 26.7 Å². The van der Waals surface area contributed by atoms with E-state index in [1.807, 2.05) is 0 Å². The highest BCUT2D eigenvalue weighted by Crippen LogP contribution is 2.17. The minimum atomic E-state index is -1.26. The molecule has 2 atom stereocenters. The zero-order valence-corrected chi connectivity index (χ0v) is 21.3. The molecule has 0 aliphatic heterocycles. The fraction of sp³-hybridized carbons (Fsp3) is 0.308. The standard InChI is InChI=1S/C26H28N2O10/c1-15(29)27-21(23(31)35-3)13-17-5-9-19(10-6-17)37-25(33)26(34)38-20-11-7-18(8-12-20)14-22(24(32)36-4)28-16(2)30/h5-12,21-22H,13-14H2,1-4H3,(H,27,29)(H,28,30). The molecule has 2 rings (SSSR count). The normalized spacial score (nSPS) is 11.8. The van der Waals surface area contributed by atoms with Gasteiger partial charge in [-0.2, -0.15) is 0 Å². The summed E-state index contributed by atoms with van der Waals surface area (Å²) in [6.07, 6.45) is 0.285. The maximum atomic E-state index is 12.2. The first-order valence-electron chi connectivity index (χ1n) is 11.3. The lowest BCUT2D eigenvalue weighted by atomic mass is 10.1. The molecule has 2 aromatic rings. The van der Waals surface area contributed by atoms with Crippen molar-refractivity contribution in [3.8, 4) is 11.5 Å². The molecule has 0 saturated carbocycles. The Kier molecular flexibility index (Phi) is 11.0. The molecule has 202 valence electrons. The van der Waals surface area contributed by atoms with Gasteiger partial charge in [-0.05, 0) is 35.4 Å². The van der Waals surface area contributed by atoms with E-state index in [1.165, 1.54) is 52.3 Å². The van der Waals surface area contributed by atoms with Crippen LogP contribution < -0.4 is 20.1 Å². The van der Waals surface area contributed by atoms with E-state index < -0.39 is 47.8 Å². The molecule has 0 aliphatic rings. The van der Waals surface area contributed by atoms with Gasteiger partial charge in [0.15, 0.2) is 0 Å². The van der Waals surface area contributed by atoms with E-state index in [2.05, 4.69) is 20.1 Å². The van der Waals surface area contributed by atoms with Crippen molar-refractivity contribution in [2.45, 2.75) is 38.8 Å². The number of hydrogen-bond acceptors (Lipinski definition) is 10. The number of amides is 2. The number of hydrogen-bond donors (Lipinski definition) is 2. The number of nitrogens with one attached hydrogen (secondary N) is 2.